The Balaban J connectivity index is 2.25. The van der Waals surface area contributed by atoms with E-state index >= 15 is 0 Å². The van der Waals surface area contributed by atoms with Crippen molar-refractivity contribution in [1.29, 1.82) is 0 Å². The van der Waals surface area contributed by atoms with Crippen molar-refractivity contribution in [2.45, 2.75) is 25.6 Å². The SMILES string of the molecule is Cc1ccc(C)c(CC(Cl)c2ccc(Br)cc2Cl)c1. The first-order chi connectivity index (χ1) is 8.97. The lowest BCUT2D eigenvalue weighted by atomic mass is 9.98. The molecule has 0 saturated carbocycles. The van der Waals surface area contributed by atoms with E-state index in [2.05, 4.69) is 48.0 Å². The van der Waals surface area contributed by atoms with Gasteiger partial charge in [-0.1, -0.05) is 57.4 Å². The van der Waals surface area contributed by atoms with Gasteiger partial charge in [0.25, 0.3) is 0 Å². The molecular weight excluding hydrogens is 343 g/mol. The van der Waals surface area contributed by atoms with Gasteiger partial charge in [-0.15, -0.1) is 11.6 Å². The van der Waals surface area contributed by atoms with E-state index in [-0.39, 0.29) is 5.38 Å². The fourth-order valence-corrected chi connectivity index (χ4v) is 3.30. The van der Waals surface area contributed by atoms with Crippen LogP contribution in [-0.4, -0.2) is 0 Å². The van der Waals surface area contributed by atoms with E-state index < -0.39 is 0 Å². The van der Waals surface area contributed by atoms with Crippen molar-refractivity contribution >= 4 is 39.1 Å². The molecule has 0 fully saturated rings. The van der Waals surface area contributed by atoms with Crippen LogP contribution in [0, 0.1) is 13.8 Å². The van der Waals surface area contributed by atoms with E-state index in [1.807, 2.05) is 18.2 Å². The van der Waals surface area contributed by atoms with Crippen LogP contribution < -0.4 is 0 Å². The Morgan fingerprint density at radius 3 is 2.53 bits per heavy atom. The summed E-state index contributed by atoms with van der Waals surface area (Å²) in [7, 11) is 0. The zero-order valence-corrected chi connectivity index (χ0v) is 14.0. The Morgan fingerprint density at radius 1 is 1.11 bits per heavy atom. The maximum Gasteiger partial charge on any atom is 0.0640 e. The van der Waals surface area contributed by atoms with Crippen molar-refractivity contribution < 1.29 is 0 Å². The first kappa shape index (κ1) is 14.9. The molecule has 1 atom stereocenters. The fourth-order valence-electron chi connectivity index (χ4n) is 2.08. The largest absolute Gasteiger partial charge is 0.117 e. The number of rotatable bonds is 3. The highest BCUT2D eigenvalue weighted by atomic mass is 79.9. The summed E-state index contributed by atoms with van der Waals surface area (Å²) in [5, 5.41) is 0.598. The minimum atomic E-state index is -0.110. The number of benzene rings is 2. The summed E-state index contributed by atoms with van der Waals surface area (Å²) in [6, 6.07) is 12.3. The standard InChI is InChI=1S/C16H15BrCl2/c1-10-3-4-11(2)12(7-10)8-15(18)14-6-5-13(17)9-16(14)19/h3-7,9,15H,8H2,1-2H3. The molecule has 0 amide bonds. The van der Waals surface area contributed by atoms with Crippen LogP contribution in [-0.2, 0) is 6.42 Å². The van der Waals surface area contributed by atoms with E-state index in [0.717, 1.165) is 16.5 Å². The molecule has 100 valence electrons. The van der Waals surface area contributed by atoms with Crippen LogP contribution in [0.5, 0.6) is 0 Å². The van der Waals surface area contributed by atoms with Crippen LogP contribution in [0.1, 0.15) is 27.6 Å². The third-order valence-electron chi connectivity index (χ3n) is 3.20. The molecule has 0 heterocycles. The van der Waals surface area contributed by atoms with Crippen molar-refractivity contribution in [1.82, 2.24) is 0 Å². The second-order valence-electron chi connectivity index (χ2n) is 4.77. The average Bonchev–Trinajstić information content (AvgIpc) is 2.33. The minimum absolute atomic E-state index is 0.110. The molecule has 0 saturated heterocycles. The van der Waals surface area contributed by atoms with Crippen LogP contribution in [0.2, 0.25) is 5.02 Å². The summed E-state index contributed by atoms with van der Waals surface area (Å²) in [4.78, 5) is 0. The Morgan fingerprint density at radius 2 is 1.84 bits per heavy atom. The Hall–Kier alpha value is -0.500. The van der Waals surface area contributed by atoms with E-state index in [0.29, 0.717) is 5.02 Å². The molecule has 0 bridgehead atoms. The van der Waals surface area contributed by atoms with Gasteiger partial charge >= 0.3 is 0 Å². The lowest BCUT2D eigenvalue weighted by molar-refractivity contribution is 0.909. The third-order valence-corrected chi connectivity index (χ3v) is 4.41. The van der Waals surface area contributed by atoms with E-state index in [1.165, 1.54) is 16.7 Å². The molecule has 0 aliphatic carbocycles. The molecule has 0 N–H and O–H groups in total. The fraction of sp³-hybridized carbons (Fsp3) is 0.250. The lowest BCUT2D eigenvalue weighted by Crippen LogP contribution is -1.99. The molecule has 3 heteroatoms. The van der Waals surface area contributed by atoms with Crippen molar-refractivity contribution in [3.63, 3.8) is 0 Å². The second-order valence-corrected chi connectivity index (χ2v) is 6.62. The molecule has 0 radical (unpaired) electrons. The second kappa shape index (κ2) is 6.30. The van der Waals surface area contributed by atoms with Gasteiger partial charge < -0.3 is 0 Å². The predicted molar refractivity (Wildman–Crippen MR) is 87.4 cm³/mol. The van der Waals surface area contributed by atoms with Crippen LogP contribution in [0.15, 0.2) is 40.9 Å². The zero-order valence-electron chi connectivity index (χ0n) is 10.9. The summed E-state index contributed by atoms with van der Waals surface area (Å²) >= 11 is 16.2. The van der Waals surface area contributed by atoms with Gasteiger partial charge in [-0.3, -0.25) is 0 Å². The van der Waals surface area contributed by atoms with E-state index in [4.69, 9.17) is 23.2 Å². The minimum Gasteiger partial charge on any atom is -0.117 e. The Kier molecular flexibility index (Phi) is 4.94. The number of halogens is 3. The first-order valence-corrected chi connectivity index (χ1v) is 7.73. The van der Waals surface area contributed by atoms with Crippen LogP contribution >= 0.6 is 39.1 Å². The van der Waals surface area contributed by atoms with Gasteiger partial charge in [0.2, 0.25) is 0 Å². The van der Waals surface area contributed by atoms with Crippen LogP contribution in [0.25, 0.3) is 0 Å². The number of hydrogen-bond acceptors (Lipinski definition) is 0. The topological polar surface area (TPSA) is 0 Å². The van der Waals surface area contributed by atoms with Crippen LogP contribution in [0.3, 0.4) is 0 Å². The maximum atomic E-state index is 6.52. The third kappa shape index (κ3) is 3.75. The van der Waals surface area contributed by atoms with Gasteiger partial charge in [0.1, 0.15) is 0 Å². The molecule has 0 aliphatic rings. The molecule has 0 aliphatic heterocycles. The summed E-state index contributed by atoms with van der Waals surface area (Å²) in [5.41, 5.74) is 4.78. The van der Waals surface area contributed by atoms with Crippen molar-refractivity contribution in [2.75, 3.05) is 0 Å². The molecule has 2 rings (SSSR count). The van der Waals surface area contributed by atoms with E-state index in [1.54, 1.807) is 0 Å². The lowest BCUT2D eigenvalue weighted by Gasteiger charge is -2.14. The molecule has 0 aromatic heterocycles. The monoisotopic (exact) mass is 356 g/mol. The highest BCUT2D eigenvalue weighted by Gasteiger charge is 2.14. The predicted octanol–water partition coefficient (Wildman–Crippen LogP) is 6.24. The summed E-state index contributed by atoms with van der Waals surface area (Å²) in [6.07, 6.45) is 0.788. The molecule has 2 aromatic carbocycles. The molecule has 0 nitrogen and oxygen atoms in total. The Bertz CT molecular complexity index is 593. The van der Waals surface area contributed by atoms with Gasteiger partial charge in [0.15, 0.2) is 0 Å². The first-order valence-electron chi connectivity index (χ1n) is 6.12. The average molecular weight is 358 g/mol. The smallest absolute Gasteiger partial charge is 0.0640 e. The van der Waals surface area contributed by atoms with Gasteiger partial charge in [-0.25, -0.2) is 0 Å². The molecule has 19 heavy (non-hydrogen) atoms. The van der Waals surface area contributed by atoms with Crippen molar-refractivity contribution in [3.05, 3.63) is 68.1 Å². The Labute approximate surface area is 132 Å². The highest BCUT2D eigenvalue weighted by Crippen LogP contribution is 2.33. The number of hydrogen-bond donors (Lipinski definition) is 0. The van der Waals surface area contributed by atoms with Gasteiger partial charge in [0, 0.05) is 9.50 Å². The summed E-state index contributed by atoms with van der Waals surface area (Å²) in [5.74, 6) is 0. The quantitative estimate of drug-likeness (QED) is 0.570. The molecule has 0 spiro atoms. The van der Waals surface area contributed by atoms with Gasteiger partial charge in [0.05, 0.1) is 5.38 Å². The summed E-state index contributed by atoms with van der Waals surface area (Å²) < 4.78 is 0.969. The molecule has 2 aromatic rings. The van der Waals surface area contributed by atoms with Gasteiger partial charge in [-0.05, 0) is 49.1 Å². The number of alkyl halides is 1. The van der Waals surface area contributed by atoms with Crippen molar-refractivity contribution in [2.24, 2.45) is 0 Å². The maximum absolute atomic E-state index is 6.52. The number of aryl methyl sites for hydroxylation is 2. The van der Waals surface area contributed by atoms with Crippen LogP contribution in [0.4, 0.5) is 0 Å². The van der Waals surface area contributed by atoms with Crippen molar-refractivity contribution in [3.8, 4) is 0 Å². The van der Waals surface area contributed by atoms with Gasteiger partial charge in [-0.2, -0.15) is 0 Å². The zero-order chi connectivity index (χ0) is 14.0. The summed E-state index contributed by atoms with van der Waals surface area (Å²) in [6.45, 7) is 4.21. The molecular formula is C16H15BrCl2. The van der Waals surface area contributed by atoms with E-state index in [9.17, 15) is 0 Å². The highest BCUT2D eigenvalue weighted by molar-refractivity contribution is 9.10. The molecule has 1 unspecified atom stereocenters. The normalized spacial score (nSPS) is 12.5.